The molecular formula is C22H21ClN4OS. The molecule has 5 nitrogen and oxygen atoms in total. The predicted molar refractivity (Wildman–Crippen MR) is 118 cm³/mol. The molecule has 1 aromatic carbocycles. The average molecular weight is 425 g/mol. The number of halogens is 1. The Labute approximate surface area is 178 Å². The Bertz CT molecular complexity index is 1100. The molecule has 0 aliphatic heterocycles. The number of fused-ring (bicyclic) bond motifs is 1. The molecular weight excluding hydrogens is 404 g/mol. The van der Waals surface area contributed by atoms with E-state index in [4.69, 9.17) is 11.6 Å². The molecule has 0 fully saturated rings. The highest BCUT2D eigenvalue weighted by Gasteiger charge is 2.08. The molecule has 0 saturated carbocycles. The third-order valence-electron chi connectivity index (χ3n) is 4.57. The molecule has 0 aliphatic carbocycles. The van der Waals surface area contributed by atoms with E-state index in [-0.39, 0.29) is 0 Å². The summed E-state index contributed by atoms with van der Waals surface area (Å²) in [5.74, 6) is 0. The van der Waals surface area contributed by atoms with E-state index in [9.17, 15) is 5.11 Å². The van der Waals surface area contributed by atoms with Gasteiger partial charge < -0.3 is 5.11 Å². The van der Waals surface area contributed by atoms with Crippen LogP contribution in [0.3, 0.4) is 0 Å². The third kappa shape index (κ3) is 5.36. The van der Waals surface area contributed by atoms with Crippen LogP contribution in [0.5, 0.6) is 0 Å². The fourth-order valence-corrected chi connectivity index (χ4v) is 4.08. The number of hydrogen-bond acceptors (Lipinski definition) is 6. The Balaban J connectivity index is 1.24. The molecule has 0 amide bonds. The Morgan fingerprint density at radius 1 is 1.07 bits per heavy atom. The first-order valence-electron chi connectivity index (χ1n) is 9.50. The van der Waals surface area contributed by atoms with Crippen LogP contribution < -0.4 is 5.32 Å². The molecule has 2 N–H and O–H groups in total. The zero-order chi connectivity index (χ0) is 20.1. The number of thiazole rings is 1. The Morgan fingerprint density at radius 2 is 2.00 bits per heavy atom. The van der Waals surface area contributed by atoms with Crippen LogP contribution in [0.1, 0.15) is 24.2 Å². The Kier molecular flexibility index (Phi) is 6.46. The number of aromatic nitrogens is 3. The van der Waals surface area contributed by atoms with Crippen molar-refractivity contribution < 1.29 is 5.11 Å². The van der Waals surface area contributed by atoms with Crippen molar-refractivity contribution in [2.24, 2.45) is 0 Å². The maximum Gasteiger partial charge on any atom is 0.159 e. The van der Waals surface area contributed by atoms with Crippen molar-refractivity contribution in [2.45, 2.75) is 32.0 Å². The quantitative estimate of drug-likeness (QED) is 0.396. The largest absolute Gasteiger partial charge is 0.379 e. The van der Waals surface area contributed by atoms with Crippen LogP contribution in [0.4, 0.5) is 0 Å². The van der Waals surface area contributed by atoms with Crippen molar-refractivity contribution in [1.82, 2.24) is 20.3 Å². The van der Waals surface area contributed by atoms with E-state index in [0.717, 1.165) is 45.8 Å². The lowest BCUT2D eigenvalue weighted by Gasteiger charge is -2.11. The summed E-state index contributed by atoms with van der Waals surface area (Å²) in [6, 6.07) is 15.6. The van der Waals surface area contributed by atoms with Gasteiger partial charge in [0.15, 0.2) is 5.65 Å². The number of pyridine rings is 2. The van der Waals surface area contributed by atoms with Crippen molar-refractivity contribution in [3.63, 3.8) is 0 Å². The number of rotatable bonds is 8. The van der Waals surface area contributed by atoms with E-state index in [1.807, 2.05) is 53.9 Å². The van der Waals surface area contributed by atoms with Gasteiger partial charge in [0.2, 0.25) is 0 Å². The Hall–Kier alpha value is -2.38. The second-order valence-electron chi connectivity index (χ2n) is 6.80. The normalized spacial score (nSPS) is 12.3. The van der Waals surface area contributed by atoms with Crippen LogP contribution in [0.15, 0.2) is 60.1 Å². The van der Waals surface area contributed by atoms with Gasteiger partial charge in [-0.15, -0.1) is 11.3 Å². The van der Waals surface area contributed by atoms with Crippen molar-refractivity contribution in [1.29, 1.82) is 0 Å². The van der Waals surface area contributed by atoms with Crippen molar-refractivity contribution in [3.8, 4) is 10.6 Å². The van der Waals surface area contributed by atoms with E-state index in [2.05, 4.69) is 20.3 Å². The van der Waals surface area contributed by atoms with Gasteiger partial charge in [-0.05, 0) is 55.7 Å². The highest BCUT2D eigenvalue weighted by Crippen LogP contribution is 2.26. The monoisotopic (exact) mass is 424 g/mol. The second kappa shape index (κ2) is 9.41. The first kappa shape index (κ1) is 19.9. The molecule has 0 bridgehead atoms. The summed E-state index contributed by atoms with van der Waals surface area (Å²) in [5.41, 5.74) is 3.68. The van der Waals surface area contributed by atoms with Gasteiger partial charge in [0.05, 0.1) is 5.69 Å². The lowest BCUT2D eigenvalue weighted by atomic mass is 10.1. The van der Waals surface area contributed by atoms with E-state index in [1.54, 1.807) is 17.5 Å². The van der Waals surface area contributed by atoms with E-state index < -0.39 is 6.23 Å². The predicted octanol–water partition coefficient (Wildman–Crippen LogP) is 4.84. The van der Waals surface area contributed by atoms with E-state index in [0.29, 0.717) is 18.0 Å². The summed E-state index contributed by atoms with van der Waals surface area (Å²) in [6.45, 7) is 0.524. The summed E-state index contributed by atoms with van der Waals surface area (Å²) in [6.07, 6.45) is 3.46. The van der Waals surface area contributed by atoms with Gasteiger partial charge >= 0.3 is 0 Å². The van der Waals surface area contributed by atoms with Crippen molar-refractivity contribution >= 4 is 34.0 Å². The SMILES string of the molecule is OC(CCCc1ccc2cccnc2n1)NCc1csc(-c2cccc(Cl)c2)n1. The number of aliphatic hydroxyl groups excluding tert-OH is 1. The lowest BCUT2D eigenvalue weighted by molar-refractivity contribution is 0.123. The molecule has 4 rings (SSSR count). The standard InChI is InChI=1S/C22H21ClN4OS/c23-17-6-1-4-16(12-17)22-27-19(14-29-22)13-25-20(28)8-2-7-18-10-9-15-5-3-11-24-21(15)26-18/h1,3-6,9-12,14,20,25,28H,2,7-8,13H2. The minimum absolute atomic E-state index is 0.524. The summed E-state index contributed by atoms with van der Waals surface area (Å²) >= 11 is 7.62. The van der Waals surface area contributed by atoms with E-state index in [1.165, 1.54) is 0 Å². The fraction of sp³-hybridized carbons (Fsp3) is 0.227. The molecule has 3 aromatic heterocycles. The van der Waals surface area contributed by atoms with Gasteiger partial charge in [-0.3, -0.25) is 5.32 Å². The van der Waals surface area contributed by atoms with Crippen LogP contribution >= 0.6 is 22.9 Å². The van der Waals surface area contributed by atoms with Gasteiger partial charge in [0, 0.05) is 39.8 Å². The molecule has 3 heterocycles. The molecule has 4 aromatic rings. The number of aliphatic hydroxyl groups is 1. The second-order valence-corrected chi connectivity index (χ2v) is 8.09. The average Bonchev–Trinajstić information content (AvgIpc) is 3.21. The summed E-state index contributed by atoms with van der Waals surface area (Å²) in [4.78, 5) is 13.5. The zero-order valence-corrected chi connectivity index (χ0v) is 17.3. The first-order valence-corrected chi connectivity index (χ1v) is 10.8. The van der Waals surface area contributed by atoms with Crippen LogP contribution in [-0.4, -0.2) is 26.3 Å². The molecule has 0 radical (unpaired) electrons. The van der Waals surface area contributed by atoms with Gasteiger partial charge in [-0.2, -0.15) is 0 Å². The summed E-state index contributed by atoms with van der Waals surface area (Å²) in [5, 5.41) is 18.0. The van der Waals surface area contributed by atoms with Crippen LogP contribution in [0.2, 0.25) is 5.02 Å². The van der Waals surface area contributed by atoms with Gasteiger partial charge in [-0.1, -0.05) is 23.7 Å². The maximum atomic E-state index is 10.2. The molecule has 7 heteroatoms. The minimum Gasteiger partial charge on any atom is -0.379 e. The molecule has 29 heavy (non-hydrogen) atoms. The molecule has 0 saturated heterocycles. The van der Waals surface area contributed by atoms with Gasteiger partial charge in [-0.25, -0.2) is 15.0 Å². The molecule has 1 atom stereocenters. The zero-order valence-electron chi connectivity index (χ0n) is 15.8. The third-order valence-corrected chi connectivity index (χ3v) is 5.75. The summed E-state index contributed by atoms with van der Waals surface area (Å²) in [7, 11) is 0. The van der Waals surface area contributed by atoms with Gasteiger partial charge in [0.1, 0.15) is 11.2 Å². The van der Waals surface area contributed by atoms with Crippen LogP contribution in [0, 0.1) is 0 Å². The van der Waals surface area contributed by atoms with Crippen molar-refractivity contribution in [2.75, 3.05) is 0 Å². The number of benzene rings is 1. The number of nitrogens with zero attached hydrogens (tertiary/aromatic N) is 3. The van der Waals surface area contributed by atoms with Crippen molar-refractivity contribution in [3.05, 3.63) is 76.5 Å². The molecule has 0 aliphatic rings. The fourth-order valence-electron chi connectivity index (χ4n) is 3.07. The minimum atomic E-state index is -0.579. The first-order chi connectivity index (χ1) is 14.2. The number of nitrogens with one attached hydrogen (secondary N) is 1. The van der Waals surface area contributed by atoms with E-state index >= 15 is 0 Å². The number of hydrogen-bond donors (Lipinski definition) is 2. The molecule has 1 unspecified atom stereocenters. The highest BCUT2D eigenvalue weighted by molar-refractivity contribution is 7.13. The van der Waals surface area contributed by atoms with Crippen LogP contribution in [-0.2, 0) is 13.0 Å². The van der Waals surface area contributed by atoms with Gasteiger partial charge in [0.25, 0.3) is 0 Å². The smallest absolute Gasteiger partial charge is 0.159 e. The Morgan fingerprint density at radius 3 is 2.90 bits per heavy atom. The highest BCUT2D eigenvalue weighted by atomic mass is 35.5. The molecule has 148 valence electrons. The number of aryl methyl sites for hydroxylation is 1. The maximum absolute atomic E-state index is 10.2. The summed E-state index contributed by atoms with van der Waals surface area (Å²) < 4.78 is 0. The molecule has 0 spiro atoms. The topological polar surface area (TPSA) is 70.9 Å². The lowest BCUT2D eigenvalue weighted by Crippen LogP contribution is -2.28. The van der Waals surface area contributed by atoms with Crippen LogP contribution in [0.25, 0.3) is 21.6 Å².